The molecule has 5 aromatic carbocycles. The second-order valence-corrected chi connectivity index (χ2v) is 37.9. The molecule has 11 rings (SSSR count). The first-order valence-corrected chi connectivity index (χ1v) is 46.9. The monoisotopic (exact) mass is 1700 g/mol. The van der Waals surface area contributed by atoms with E-state index in [1.54, 1.807) is 25.1 Å². The topological polar surface area (TPSA) is 160 Å². The van der Waals surface area contributed by atoms with Gasteiger partial charge in [-0.05, 0) is 158 Å². The Hall–Kier alpha value is -4.66. The van der Waals surface area contributed by atoms with Crippen LogP contribution in [-0.4, -0.2) is 339 Å². The Morgan fingerprint density at radius 1 is 0.339 bits per heavy atom. The largest absolute Gasteiger partial charge is 0.389 e. The van der Waals surface area contributed by atoms with E-state index in [4.69, 9.17) is 11.6 Å². The van der Waals surface area contributed by atoms with Crippen molar-refractivity contribution >= 4 is 11.6 Å². The highest BCUT2D eigenvalue weighted by atomic mass is 35.5. The molecule has 0 aliphatic carbocycles. The molecule has 0 amide bonds. The smallest absolute Gasteiger partial charge is 0.126 e. The molecule has 6 heterocycles. The number of hydrogen-bond donors (Lipinski definition) is 6. The van der Waals surface area contributed by atoms with E-state index in [1.165, 1.54) is 17.2 Å². The molecule has 5 aromatic rings. The standard InChI is InChI=1S/C18H29FN2O.2C18H30N2O.C17H27ClN2O.C17H28N2O.C13H26N2O/c1-5-18(22,16-6-7-17(19)14(2)12-16)15(3)13-21-10-8-20(4)9-11-21;1-5-18(21,17-9-7-6-8-15(17)2)16(3)14-20-12-10-19(4)11-13-20;1-4-18(21,14-17-8-6-5-7-9-17)16(2)15-20-12-10-19(3)11-13-20;1-4-17(21,15-5-7-16(18)8-6-15)14(2)13-20-11-9-19(3)10-12-20;1-4-17(20,16-8-6-5-7-9-16)15(2)14-19-12-10-18(3)11-13-19;1-5-13(16,6-2)12(3)11-15-9-7-14(4)8-10-15/h6-7,12,15,22H,5,8-11,13H2,1-4H3;6-9,16,21H,5,10-14H2,1-4H3;5-9,16,21H,4,10-15H2,1-3H3;5-8,14,21H,4,9-13H2,1-3H3;5-9,15,20H,4,10-14H2,1-3H3;5,12,16H,1,6-11H2,2-4H3. The molecule has 12 atom stereocenters. The number of piperazine rings is 6. The maximum Gasteiger partial charge on any atom is 0.126 e. The third-order valence-corrected chi connectivity index (χ3v) is 29.0. The molecule has 6 saturated heterocycles. The molecule has 0 saturated carbocycles. The first-order valence-electron chi connectivity index (χ1n) is 46.5. The van der Waals surface area contributed by atoms with Gasteiger partial charge in [-0.1, -0.05) is 210 Å². The lowest BCUT2D eigenvalue weighted by molar-refractivity contribution is -0.0377. The van der Waals surface area contributed by atoms with Gasteiger partial charge in [0.15, 0.2) is 0 Å². The fraction of sp³-hybridized carbons (Fsp3) is 0.683. The lowest BCUT2D eigenvalue weighted by Crippen LogP contribution is -2.50. The Balaban J connectivity index is 0.000000225. The fourth-order valence-corrected chi connectivity index (χ4v) is 18.6. The Kier molecular flexibility index (Phi) is 44.6. The van der Waals surface area contributed by atoms with E-state index in [9.17, 15) is 35.0 Å². The molecule has 6 aliphatic heterocycles. The number of halogens is 2. The summed E-state index contributed by atoms with van der Waals surface area (Å²) in [6, 6.07) is 41.3. The third-order valence-electron chi connectivity index (χ3n) is 28.7. The van der Waals surface area contributed by atoms with E-state index < -0.39 is 33.6 Å². The summed E-state index contributed by atoms with van der Waals surface area (Å²) in [6.45, 7) is 65.1. The lowest BCUT2D eigenvalue weighted by Gasteiger charge is -2.40. The van der Waals surface area contributed by atoms with E-state index in [-0.39, 0.29) is 41.3 Å². The second kappa shape index (κ2) is 51.4. The minimum Gasteiger partial charge on any atom is -0.389 e. The molecule has 0 aromatic heterocycles. The Bertz CT molecular complexity index is 3650. The van der Waals surface area contributed by atoms with Crippen molar-refractivity contribution in [3.8, 4) is 0 Å². The number of rotatable bonds is 31. The zero-order valence-electron chi connectivity index (χ0n) is 79.3. The summed E-state index contributed by atoms with van der Waals surface area (Å²) in [5.41, 5.74) is 2.50. The number of hydrogen-bond acceptors (Lipinski definition) is 18. The van der Waals surface area contributed by atoms with E-state index in [2.05, 4.69) is 220 Å². The maximum absolute atomic E-state index is 13.5. The van der Waals surface area contributed by atoms with Gasteiger partial charge in [0.1, 0.15) is 5.82 Å². The highest BCUT2D eigenvalue weighted by Gasteiger charge is 2.41. The van der Waals surface area contributed by atoms with Gasteiger partial charge in [-0.2, -0.15) is 0 Å². The Morgan fingerprint density at radius 2 is 0.628 bits per heavy atom. The Labute approximate surface area is 740 Å². The van der Waals surface area contributed by atoms with Crippen molar-refractivity contribution in [1.82, 2.24) is 58.8 Å². The molecule has 0 bridgehead atoms. The molecule has 0 spiro atoms. The Morgan fingerprint density at radius 3 is 0.942 bits per heavy atom. The van der Waals surface area contributed by atoms with E-state index >= 15 is 0 Å². The maximum atomic E-state index is 13.5. The van der Waals surface area contributed by atoms with Crippen LogP contribution >= 0.6 is 11.6 Å². The molecule has 6 N–H and O–H groups in total. The van der Waals surface area contributed by atoms with Crippen LogP contribution < -0.4 is 0 Å². The van der Waals surface area contributed by atoms with Gasteiger partial charge in [-0.25, -0.2) is 4.39 Å². The summed E-state index contributed by atoms with van der Waals surface area (Å²) in [5.74, 6) is 1.07. The van der Waals surface area contributed by atoms with Crippen LogP contribution in [0.25, 0.3) is 0 Å². The SMILES string of the molecule is C=CC(O)(CC)C(C)CN1CCN(C)CC1.CCC(O)(Cc1ccccc1)C(C)CN1CCN(C)CC1.CCC(O)(c1ccc(Cl)cc1)C(C)CN1CCN(C)CC1.CCC(O)(c1ccc(F)c(C)c1)C(C)CN1CCN(C)CC1.CCC(O)(c1ccccc1)C(C)CN1CCN(C)CC1.CCC(O)(c1ccccc1C)C(C)CN1CCN(C)CC1. The summed E-state index contributed by atoms with van der Waals surface area (Å²) in [7, 11) is 13.0. The van der Waals surface area contributed by atoms with Crippen LogP contribution in [0.4, 0.5) is 4.39 Å². The van der Waals surface area contributed by atoms with E-state index in [0.717, 1.165) is 251 Å². The van der Waals surface area contributed by atoms with Crippen LogP contribution in [0.15, 0.2) is 140 Å². The lowest BCUT2D eigenvalue weighted by atomic mass is 9.78. The van der Waals surface area contributed by atoms with Gasteiger partial charge in [0.05, 0.1) is 33.6 Å². The first-order chi connectivity index (χ1) is 57.4. The second-order valence-electron chi connectivity index (χ2n) is 37.5. The van der Waals surface area contributed by atoms with Crippen molar-refractivity contribution in [3.05, 3.63) is 190 Å². The van der Waals surface area contributed by atoms with Crippen molar-refractivity contribution in [3.63, 3.8) is 0 Å². The van der Waals surface area contributed by atoms with Gasteiger partial charge in [0.2, 0.25) is 0 Å². The fourth-order valence-electron chi connectivity index (χ4n) is 18.5. The van der Waals surface area contributed by atoms with Gasteiger partial charge >= 0.3 is 0 Å². The van der Waals surface area contributed by atoms with Gasteiger partial charge in [-0.15, -0.1) is 6.58 Å². The van der Waals surface area contributed by atoms with E-state index in [1.807, 2.05) is 86.6 Å². The number of aryl methyl sites for hydroxylation is 2. The molecule has 18 nitrogen and oxygen atoms in total. The van der Waals surface area contributed by atoms with Gasteiger partial charge < -0.3 is 89.4 Å². The molecule has 0 radical (unpaired) electrons. The zero-order chi connectivity index (χ0) is 89.3. The van der Waals surface area contributed by atoms with Crippen LogP contribution in [0, 0.1) is 55.2 Å². The van der Waals surface area contributed by atoms with Crippen LogP contribution in [0.3, 0.4) is 0 Å². The number of likely N-dealkylation sites (N-methyl/N-ethyl adjacent to an activating group) is 6. The normalized spacial score (nSPS) is 22.3. The van der Waals surface area contributed by atoms with Gasteiger partial charge in [0, 0.05) is 237 Å². The summed E-state index contributed by atoms with van der Waals surface area (Å²) >= 11 is 5.96. The van der Waals surface area contributed by atoms with Crippen LogP contribution in [0.2, 0.25) is 5.02 Å². The summed E-state index contributed by atoms with van der Waals surface area (Å²) in [6.07, 6.45) is 6.85. The predicted octanol–water partition coefficient (Wildman–Crippen LogP) is 13.5. The molecule has 121 heavy (non-hydrogen) atoms. The van der Waals surface area contributed by atoms with Crippen LogP contribution in [0.5, 0.6) is 0 Å². The molecule has 20 heteroatoms. The number of benzene rings is 5. The third kappa shape index (κ3) is 32.0. The highest BCUT2D eigenvalue weighted by molar-refractivity contribution is 6.30. The van der Waals surface area contributed by atoms with Crippen molar-refractivity contribution in [2.75, 3.05) is 239 Å². The quantitative estimate of drug-likeness (QED) is 0.0232. The summed E-state index contributed by atoms with van der Waals surface area (Å²) < 4.78 is 13.5. The van der Waals surface area contributed by atoms with Crippen molar-refractivity contribution in [2.45, 2.75) is 175 Å². The van der Waals surface area contributed by atoms with Gasteiger partial charge in [-0.3, -0.25) is 0 Å². The minimum atomic E-state index is -0.901. The zero-order valence-corrected chi connectivity index (χ0v) is 80.1. The molecule has 6 aliphatic rings. The summed E-state index contributed by atoms with van der Waals surface area (Å²) in [4.78, 5) is 28.9. The van der Waals surface area contributed by atoms with Crippen LogP contribution in [0.1, 0.15) is 161 Å². The first kappa shape index (κ1) is 105. The van der Waals surface area contributed by atoms with E-state index in [0.29, 0.717) is 23.4 Å². The van der Waals surface area contributed by atoms with Crippen molar-refractivity contribution in [1.29, 1.82) is 0 Å². The molecule has 12 unspecified atom stereocenters. The number of nitrogens with zero attached hydrogens (tertiary/aromatic N) is 12. The van der Waals surface area contributed by atoms with Crippen LogP contribution in [-0.2, 0) is 28.8 Å². The highest BCUT2D eigenvalue weighted by Crippen LogP contribution is 2.40. The minimum absolute atomic E-state index is 0.103. The average molecular weight is 1700 g/mol. The van der Waals surface area contributed by atoms with Crippen molar-refractivity contribution in [2.24, 2.45) is 35.5 Å². The molecule has 684 valence electrons. The number of aliphatic hydroxyl groups is 6. The summed E-state index contributed by atoms with van der Waals surface area (Å²) in [5, 5.41) is 66.9. The van der Waals surface area contributed by atoms with Gasteiger partial charge in [0.25, 0.3) is 0 Å². The molecule has 6 fully saturated rings. The predicted molar refractivity (Wildman–Crippen MR) is 506 cm³/mol. The molecular weight excluding hydrogens is 1530 g/mol. The molecular formula is C101H170ClFN12O6. The average Bonchev–Trinajstić information content (AvgIpc) is 0.828. The van der Waals surface area contributed by atoms with Crippen molar-refractivity contribution < 1.29 is 35.0 Å².